The van der Waals surface area contributed by atoms with Gasteiger partial charge in [-0.2, -0.15) is 0 Å². The second-order valence-electron chi connectivity index (χ2n) is 11.0. The highest BCUT2D eigenvalue weighted by Crippen LogP contribution is 2.51. The smallest absolute Gasteiger partial charge is 0.178 e. The molecule has 0 amide bonds. The van der Waals surface area contributed by atoms with E-state index < -0.39 is 5.60 Å². The molecule has 1 heterocycles. The molecule has 190 valence electrons. The number of benzene rings is 5. The van der Waals surface area contributed by atoms with Crippen LogP contribution in [0.25, 0.3) is 28.0 Å². The van der Waals surface area contributed by atoms with Crippen LogP contribution in [0.5, 0.6) is 5.75 Å². The van der Waals surface area contributed by atoms with Gasteiger partial charge in [-0.3, -0.25) is 4.79 Å². The fraction of sp³-hybridized carbons (Fsp3) is 0.162. The zero-order valence-corrected chi connectivity index (χ0v) is 22.5. The number of hydrogen-bond acceptors (Lipinski definition) is 2. The Labute approximate surface area is 229 Å². The monoisotopic (exact) mass is 506 g/mol. The average Bonchev–Trinajstić information content (AvgIpc) is 2.97. The van der Waals surface area contributed by atoms with E-state index in [4.69, 9.17) is 4.74 Å². The molecule has 0 saturated carbocycles. The SMILES string of the molecule is Cc1ccc(C2(c3ccc(C=O)c(C)c3)C=Cc3c(c4c(c5ccc(C)cc35)-c3ccccc3CC4)O2)cc1. The van der Waals surface area contributed by atoms with E-state index in [1.54, 1.807) is 0 Å². The molecule has 2 aliphatic rings. The molecule has 1 atom stereocenters. The Kier molecular flexibility index (Phi) is 5.35. The number of hydrogen-bond donors (Lipinski definition) is 0. The molecule has 1 unspecified atom stereocenters. The van der Waals surface area contributed by atoms with E-state index in [-0.39, 0.29) is 0 Å². The molecular weight excluding hydrogens is 476 g/mol. The summed E-state index contributed by atoms with van der Waals surface area (Å²) >= 11 is 0. The van der Waals surface area contributed by atoms with E-state index in [9.17, 15) is 4.79 Å². The molecule has 2 nitrogen and oxygen atoms in total. The molecule has 0 N–H and O–H groups in total. The number of fused-ring (bicyclic) bond motifs is 8. The van der Waals surface area contributed by atoms with Gasteiger partial charge in [0.2, 0.25) is 0 Å². The van der Waals surface area contributed by atoms with Crippen LogP contribution in [0, 0.1) is 20.8 Å². The van der Waals surface area contributed by atoms with E-state index in [1.165, 1.54) is 44.2 Å². The Morgan fingerprint density at radius 2 is 1.54 bits per heavy atom. The molecule has 7 rings (SSSR count). The lowest BCUT2D eigenvalue weighted by atomic mass is 9.77. The van der Waals surface area contributed by atoms with Gasteiger partial charge < -0.3 is 4.74 Å². The molecule has 0 radical (unpaired) electrons. The van der Waals surface area contributed by atoms with E-state index in [0.29, 0.717) is 5.56 Å². The van der Waals surface area contributed by atoms with Crippen molar-refractivity contribution in [2.75, 3.05) is 0 Å². The minimum atomic E-state index is -0.810. The average molecular weight is 507 g/mol. The van der Waals surface area contributed by atoms with E-state index in [0.717, 1.165) is 47.1 Å². The maximum absolute atomic E-state index is 11.6. The summed E-state index contributed by atoms with van der Waals surface area (Å²) in [5, 5.41) is 2.51. The highest BCUT2D eigenvalue weighted by Gasteiger charge is 2.40. The van der Waals surface area contributed by atoms with Crippen LogP contribution >= 0.6 is 0 Å². The standard InChI is InChI=1S/C37H30O2/c1-23-8-13-28(14-9-23)37(29-15-11-27(22-38)25(3)21-29)19-18-32-34-20-24(2)10-16-31(34)35-30-7-5-4-6-26(30)12-17-33(35)36(32)39-37/h4-11,13-16,18-22H,12,17H2,1-3H3. The molecule has 0 spiro atoms. The van der Waals surface area contributed by atoms with Gasteiger partial charge in [-0.15, -0.1) is 0 Å². The normalized spacial score (nSPS) is 17.2. The molecular formula is C37H30O2. The summed E-state index contributed by atoms with van der Waals surface area (Å²) in [6.07, 6.45) is 7.32. The van der Waals surface area contributed by atoms with Gasteiger partial charge in [0, 0.05) is 27.8 Å². The minimum absolute atomic E-state index is 0.702. The molecule has 2 heteroatoms. The van der Waals surface area contributed by atoms with Crippen LogP contribution in [0.2, 0.25) is 0 Å². The summed E-state index contributed by atoms with van der Waals surface area (Å²) < 4.78 is 7.35. The Morgan fingerprint density at radius 3 is 2.33 bits per heavy atom. The van der Waals surface area contributed by atoms with E-state index in [1.807, 2.05) is 19.1 Å². The molecule has 5 aromatic rings. The first kappa shape index (κ1) is 23.7. The number of rotatable bonds is 3. The van der Waals surface area contributed by atoms with Crippen molar-refractivity contribution < 1.29 is 9.53 Å². The van der Waals surface area contributed by atoms with Gasteiger partial charge in [-0.25, -0.2) is 0 Å². The molecule has 0 fully saturated rings. The van der Waals surface area contributed by atoms with Crippen LogP contribution in [-0.4, -0.2) is 6.29 Å². The third-order valence-electron chi connectivity index (χ3n) is 8.54. The van der Waals surface area contributed by atoms with Crippen LogP contribution in [0.3, 0.4) is 0 Å². The first-order valence-electron chi connectivity index (χ1n) is 13.7. The first-order valence-corrected chi connectivity index (χ1v) is 13.7. The predicted octanol–water partition coefficient (Wildman–Crippen LogP) is 8.69. The van der Waals surface area contributed by atoms with Gasteiger partial charge in [0.1, 0.15) is 12.0 Å². The fourth-order valence-corrected chi connectivity index (χ4v) is 6.44. The van der Waals surface area contributed by atoms with Crippen LogP contribution in [0.4, 0.5) is 0 Å². The lowest BCUT2D eigenvalue weighted by Gasteiger charge is -2.39. The molecule has 0 saturated heterocycles. The molecule has 0 aromatic heterocycles. The Morgan fingerprint density at radius 1 is 0.769 bits per heavy atom. The van der Waals surface area contributed by atoms with Gasteiger partial charge in [-0.05, 0) is 78.8 Å². The lowest BCUT2D eigenvalue weighted by Crippen LogP contribution is -2.35. The number of aryl methyl sites for hydroxylation is 4. The fourth-order valence-electron chi connectivity index (χ4n) is 6.44. The van der Waals surface area contributed by atoms with Crippen LogP contribution < -0.4 is 4.74 Å². The van der Waals surface area contributed by atoms with Crippen molar-refractivity contribution in [2.24, 2.45) is 0 Å². The molecule has 39 heavy (non-hydrogen) atoms. The predicted molar refractivity (Wildman–Crippen MR) is 160 cm³/mol. The van der Waals surface area contributed by atoms with Crippen LogP contribution in [0.1, 0.15) is 54.9 Å². The minimum Gasteiger partial charge on any atom is -0.473 e. The third-order valence-corrected chi connectivity index (χ3v) is 8.54. The number of ether oxygens (including phenoxy) is 1. The van der Waals surface area contributed by atoms with Crippen molar-refractivity contribution in [1.29, 1.82) is 0 Å². The number of carbonyl (C=O) groups excluding carboxylic acids is 1. The second-order valence-corrected chi connectivity index (χ2v) is 11.0. The van der Waals surface area contributed by atoms with Crippen molar-refractivity contribution in [3.05, 3.63) is 141 Å². The summed E-state index contributed by atoms with van der Waals surface area (Å²) in [6.45, 7) is 6.25. The summed E-state index contributed by atoms with van der Waals surface area (Å²) in [5.41, 5.74) is 11.8. The number of aldehydes is 1. The Bertz CT molecular complexity index is 1820. The molecule has 1 aliphatic carbocycles. The highest BCUT2D eigenvalue weighted by molar-refractivity contribution is 6.06. The maximum atomic E-state index is 11.6. The molecule has 0 bridgehead atoms. The van der Waals surface area contributed by atoms with E-state index >= 15 is 0 Å². The zero-order valence-electron chi connectivity index (χ0n) is 22.5. The van der Waals surface area contributed by atoms with Crippen molar-refractivity contribution in [3.8, 4) is 16.9 Å². The lowest BCUT2D eigenvalue weighted by molar-refractivity contribution is 0.112. The van der Waals surface area contributed by atoms with Gasteiger partial charge in [0.05, 0.1) is 0 Å². The maximum Gasteiger partial charge on any atom is 0.178 e. The summed E-state index contributed by atoms with van der Waals surface area (Å²) in [7, 11) is 0. The third kappa shape index (κ3) is 3.59. The van der Waals surface area contributed by atoms with Gasteiger partial charge in [-0.1, -0.05) is 96.1 Å². The van der Waals surface area contributed by atoms with Crippen molar-refractivity contribution in [3.63, 3.8) is 0 Å². The van der Waals surface area contributed by atoms with E-state index in [2.05, 4.69) is 98.8 Å². The second kappa shape index (κ2) is 8.81. The first-order chi connectivity index (χ1) is 19.0. The van der Waals surface area contributed by atoms with Crippen molar-refractivity contribution >= 4 is 23.1 Å². The quantitative estimate of drug-likeness (QED) is 0.229. The van der Waals surface area contributed by atoms with Gasteiger partial charge in [0.15, 0.2) is 5.60 Å². The molecule has 1 aliphatic heterocycles. The summed E-state index contributed by atoms with van der Waals surface area (Å²) in [6, 6.07) is 30.3. The van der Waals surface area contributed by atoms with Crippen LogP contribution in [-0.2, 0) is 18.4 Å². The topological polar surface area (TPSA) is 26.3 Å². The highest BCUT2D eigenvalue weighted by atomic mass is 16.5. The van der Waals surface area contributed by atoms with Crippen molar-refractivity contribution in [1.82, 2.24) is 0 Å². The largest absolute Gasteiger partial charge is 0.473 e. The number of carbonyl (C=O) groups is 1. The zero-order chi connectivity index (χ0) is 26.7. The Hall–Kier alpha value is -4.43. The summed E-state index contributed by atoms with van der Waals surface area (Å²) in [5.74, 6) is 0.970. The molecule has 5 aromatic carbocycles. The summed E-state index contributed by atoms with van der Waals surface area (Å²) in [4.78, 5) is 11.6. The van der Waals surface area contributed by atoms with Crippen molar-refractivity contribution in [2.45, 2.75) is 39.2 Å². The Balaban J connectivity index is 1.54. The van der Waals surface area contributed by atoms with Crippen LogP contribution in [0.15, 0.2) is 91.0 Å². The van der Waals surface area contributed by atoms with Gasteiger partial charge >= 0.3 is 0 Å². The van der Waals surface area contributed by atoms with Gasteiger partial charge in [0.25, 0.3) is 0 Å².